The molecule has 1 aliphatic heterocycles. The Bertz CT molecular complexity index is 761. The molecule has 6 heteroatoms. The van der Waals surface area contributed by atoms with Crippen LogP contribution in [0.5, 0.6) is 0 Å². The zero-order valence-electron chi connectivity index (χ0n) is 13.6. The lowest BCUT2D eigenvalue weighted by atomic mass is 9.95. The Morgan fingerprint density at radius 1 is 1.16 bits per heavy atom. The predicted molar refractivity (Wildman–Crippen MR) is 97.1 cm³/mol. The largest absolute Gasteiger partial charge is 0.323 e. The Morgan fingerprint density at radius 3 is 2.60 bits per heavy atom. The standard InChI is InChI=1S/C19H19BrF2N2O/c20-15-3-1-2-13(10-15)12-24-8-6-14(7-9-24)19(25)23-18-5-4-16(21)11-17(18)22/h1-5,10-11,14H,6-9,12H2,(H,23,25). The van der Waals surface area contributed by atoms with E-state index in [4.69, 9.17) is 0 Å². The Kier molecular flexibility index (Phi) is 5.81. The minimum Gasteiger partial charge on any atom is -0.323 e. The lowest BCUT2D eigenvalue weighted by Crippen LogP contribution is -2.37. The van der Waals surface area contributed by atoms with E-state index >= 15 is 0 Å². The molecule has 3 nitrogen and oxygen atoms in total. The number of likely N-dealkylation sites (tertiary alicyclic amines) is 1. The van der Waals surface area contributed by atoms with E-state index in [0.717, 1.165) is 49.1 Å². The number of piperidine rings is 1. The number of amides is 1. The molecule has 0 aromatic heterocycles. The van der Waals surface area contributed by atoms with Gasteiger partial charge in [0.25, 0.3) is 0 Å². The lowest BCUT2D eigenvalue weighted by molar-refractivity contribution is -0.121. The highest BCUT2D eigenvalue weighted by Gasteiger charge is 2.25. The fourth-order valence-electron chi connectivity index (χ4n) is 3.07. The third kappa shape index (κ3) is 4.86. The van der Waals surface area contributed by atoms with Crippen LogP contribution < -0.4 is 5.32 Å². The molecule has 0 atom stereocenters. The van der Waals surface area contributed by atoms with Crippen LogP contribution in [0.2, 0.25) is 0 Å². The zero-order valence-corrected chi connectivity index (χ0v) is 15.2. The fraction of sp³-hybridized carbons (Fsp3) is 0.316. The summed E-state index contributed by atoms with van der Waals surface area (Å²) >= 11 is 3.47. The van der Waals surface area contributed by atoms with Gasteiger partial charge in [-0.05, 0) is 55.8 Å². The molecule has 1 N–H and O–H groups in total. The highest BCUT2D eigenvalue weighted by Crippen LogP contribution is 2.23. The minimum absolute atomic E-state index is 0.0305. The molecule has 0 radical (unpaired) electrons. The summed E-state index contributed by atoms with van der Waals surface area (Å²) in [5.74, 6) is -1.76. The molecule has 0 bridgehead atoms. The van der Waals surface area contributed by atoms with Crippen LogP contribution >= 0.6 is 15.9 Å². The molecule has 1 saturated heterocycles. The van der Waals surface area contributed by atoms with Gasteiger partial charge in [-0.2, -0.15) is 0 Å². The molecule has 1 amide bonds. The summed E-state index contributed by atoms with van der Waals surface area (Å²) in [6, 6.07) is 11.4. The molecule has 0 saturated carbocycles. The van der Waals surface area contributed by atoms with E-state index in [2.05, 4.69) is 38.3 Å². The summed E-state index contributed by atoms with van der Waals surface area (Å²) in [5.41, 5.74) is 1.26. The van der Waals surface area contributed by atoms with Crippen LogP contribution in [0.1, 0.15) is 18.4 Å². The number of benzene rings is 2. The molecule has 0 aliphatic carbocycles. The van der Waals surface area contributed by atoms with Crippen LogP contribution in [-0.2, 0) is 11.3 Å². The highest BCUT2D eigenvalue weighted by molar-refractivity contribution is 9.10. The van der Waals surface area contributed by atoms with Crippen LogP contribution in [0.25, 0.3) is 0 Å². The van der Waals surface area contributed by atoms with E-state index in [1.54, 1.807) is 0 Å². The maximum Gasteiger partial charge on any atom is 0.227 e. The van der Waals surface area contributed by atoms with Crippen molar-refractivity contribution in [3.05, 3.63) is 64.1 Å². The molecule has 0 spiro atoms. The van der Waals surface area contributed by atoms with E-state index in [1.165, 1.54) is 11.6 Å². The first-order valence-electron chi connectivity index (χ1n) is 8.24. The number of carbonyl (C=O) groups excluding carboxylic acids is 1. The monoisotopic (exact) mass is 408 g/mol. The van der Waals surface area contributed by atoms with Gasteiger partial charge >= 0.3 is 0 Å². The Hall–Kier alpha value is -1.79. The maximum atomic E-state index is 13.6. The van der Waals surface area contributed by atoms with Gasteiger partial charge in [-0.15, -0.1) is 0 Å². The molecular weight excluding hydrogens is 390 g/mol. The van der Waals surface area contributed by atoms with Crippen LogP contribution in [0.4, 0.5) is 14.5 Å². The van der Waals surface area contributed by atoms with E-state index in [9.17, 15) is 13.6 Å². The van der Waals surface area contributed by atoms with Gasteiger partial charge in [-0.1, -0.05) is 28.1 Å². The predicted octanol–water partition coefficient (Wildman–Crippen LogP) is 4.58. The van der Waals surface area contributed by atoms with Crippen molar-refractivity contribution in [3.63, 3.8) is 0 Å². The fourth-order valence-corrected chi connectivity index (χ4v) is 3.52. The number of nitrogens with zero attached hydrogens (tertiary/aromatic N) is 1. The van der Waals surface area contributed by atoms with Gasteiger partial charge in [-0.25, -0.2) is 8.78 Å². The number of rotatable bonds is 4. The van der Waals surface area contributed by atoms with Gasteiger partial charge < -0.3 is 5.32 Å². The average Bonchev–Trinajstić information content (AvgIpc) is 2.58. The minimum atomic E-state index is -0.750. The van der Waals surface area contributed by atoms with Crippen LogP contribution in [0.3, 0.4) is 0 Å². The maximum absolute atomic E-state index is 13.6. The Labute approximate surface area is 154 Å². The summed E-state index contributed by atoms with van der Waals surface area (Å²) in [7, 11) is 0. The van der Waals surface area contributed by atoms with Gasteiger partial charge in [0, 0.05) is 23.0 Å². The second-order valence-corrected chi connectivity index (χ2v) is 7.21. The summed E-state index contributed by atoms with van der Waals surface area (Å²) < 4.78 is 27.6. The SMILES string of the molecule is O=C(Nc1ccc(F)cc1F)C1CCN(Cc2cccc(Br)c2)CC1. The molecule has 0 unspecified atom stereocenters. The summed E-state index contributed by atoms with van der Waals surface area (Å²) in [4.78, 5) is 14.6. The second-order valence-electron chi connectivity index (χ2n) is 6.29. The molecular formula is C19H19BrF2N2O. The van der Waals surface area contributed by atoms with Gasteiger partial charge in [0.15, 0.2) is 0 Å². The summed E-state index contributed by atoms with van der Waals surface area (Å²) in [6.07, 6.45) is 1.45. The van der Waals surface area contributed by atoms with Crippen LogP contribution in [-0.4, -0.2) is 23.9 Å². The first-order valence-corrected chi connectivity index (χ1v) is 9.03. The molecule has 2 aromatic carbocycles. The second kappa shape index (κ2) is 8.06. The molecule has 2 aromatic rings. The number of hydrogen-bond donors (Lipinski definition) is 1. The van der Waals surface area contributed by atoms with Crippen molar-refractivity contribution < 1.29 is 13.6 Å². The van der Waals surface area contributed by atoms with Crippen LogP contribution in [0, 0.1) is 17.6 Å². The van der Waals surface area contributed by atoms with E-state index in [0.29, 0.717) is 0 Å². The normalized spacial score (nSPS) is 16.0. The van der Waals surface area contributed by atoms with Gasteiger partial charge in [-0.3, -0.25) is 9.69 Å². The molecule has 3 rings (SSSR count). The van der Waals surface area contributed by atoms with Crippen LogP contribution in [0.15, 0.2) is 46.9 Å². The van der Waals surface area contributed by atoms with Crippen molar-refractivity contribution in [1.82, 2.24) is 4.90 Å². The third-order valence-electron chi connectivity index (χ3n) is 4.44. The first kappa shape index (κ1) is 18.0. The molecule has 1 aliphatic rings. The summed E-state index contributed by atoms with van der Waals surface area (Å²) in [5, 5.41) is 2.57. The molecule has 132 valence electrons. The Morgan fingerprint density at radius 2 is 1.92 bits per heavy atom. The molecule has 1 fully saturated rings. The van der Waals surface area contributed by atoms with E-state index < -0.39 is 11.6 Å². The van der Waals surface area contributed by atoms with Crippen molar-refractivity contribution >= 4 is 27.5 Å². The highest BCUT2D eigenvalue weighted by atomic mass is 79.9. The van der Waals surface area contributed by atoms with Gasteiger partial charge in [0.1, 0.15) is 11.6 Å². The third-order valence-corrected chi connectivity index (χ3v) is 4.94. The number of hydrogen-bond acceptors (Lipinski definition) is 2. The number of halogens is 3. The van der Waals surface area contributed by atoms with E-state index in [-0.39, 0.29) is 17.5 Å². The van der Waals surface area contributed by atoms with Crippen molar-refractivity contribution in [1.29, 1.82) is 0 Å². The molecule has 1 heterocycles. The average molecular weight is 409 g/mol. The molecule has 25 heavy (non-hydrogen) atoms. The summed E-state index contributed by atoms with van der Waals surface area (Å²) in [6.45, 7) is 2.48. The number of carbonyl (C=O) groups is 1. The number of nitrogens with one attached hydrogen (secondary N) is 1. The van der Waals surface area contributed by atoms with Crippen molar-refractivity contribution in [2.45, 2.75) is 19.4 Å². The van der Waals surface area contributed by atoms with Crippen molar-refractivity contribution in [2.24, 2.45) is 5.92 Å². The smallest absolute Gasteiger partial charge is 0.227 e. The first-order chi connectivity index (χ1) is 12.0. The van der Waals surface area contributed by atoms with Gasteiger partial charge in [0.05, 0.1) is 5.69 Å². The lowest BCUT2D eigenvalue weighted by Gasteiger charge is -2.31. The van der Waals surface area contributed by atoms with Gasteiger partial charge in [0.2, 0.25) is 5.91 Å². The quantitative estimate of drug-likeness (QED) is 0.802. The zero-order chi connectivity index (χ0) is 17.8. The Balaban J connectivity index is 1.52. The van der Waals surface area contributed by atoms with Crippen molar-refractivity contribution in [2.75, 3.05) is 18.4 Å². The van der Waals surface area contributed by atoms with E-state index in [1.807, 2.05) is 12.1 Å². The topological polar surface area (TPSA) is 32.3 Å². The number of anilines is 1. The van der Waals surface area contributed by atoms with Crippen molar-refractivity contribution in [3.8, 4) is 0 Å².